The van der Waals surface area contributed by atoms with Gasteiger partial charge in [-0.3, -0.25) is 9.59 Å². The Kier molecular flexibility index (Phi) is 9.75. The Morgan fingerprint density at radius 2 is 1.68 bits per heavy atom. The monoisotopic (exact) mass is 596 g/mol. The number of nitrogens with one attached hydrogen (secondary N) is 1. The van der Waals surface area contributed by atoms with Gasteiger partial charge in [0.05, 0.1) is 18.2 Å². The predicted octanol–water partition coefficient (Wildman–Crippen LogP) is 4.26. The maximum Gasteiger partial charge on any atom is 0.226 e. The first kappa shape index (κ1) is 30.5. The Morgan fingerprint density at radius 1 is 0.977 bits per heavy atom. The molecule has 232 valence electrons. The maximum absolute atomic E-state index is 13.8. The second-order valence-electron chi connectivity index (χ2n) is 13.0. The van der Waals surface area contributed by atoms with Crippen molar-refractivity contribution in [3.8, 4) is 0 Å². The van der Waals surface area contributed by atoms with E-state index in [0.29, 0.717) is 25.4 Å². The van der Waals surface area contributed by atoms with Gasteiger partial charge in [0.25, 0.3) is 0 Å². The molecular formula is C37H44N2O5. The molecule has 7 atom stereocenters. The normalized spacial score (nSPS) is 26.0. The van der Waals surface area contributed by atoms with E-state index in [0.717, 1.165) is 49.0 Å². The van der Waals surface area contributed by atoms with E-state index >= 15 is 0 Å². The van der Waals surface area contributed by atoms with Crippen molar-refractivity contribution in [2.75, 3.05) is 19.8 Å². The lowest BCUT2D eigenvalue weighted by Crippen LogP contribution is -2.43. The number of β-amino-alcohol motifs (C(OH)–C–C–N with tert-alkyl or cyclic N) is 1. The van der Waals surface area contributed by atoms with E-state index in [-0.39, 0.29) is 36.7 Å². The van der Waals surface area contributed by atoms with Gasteiger partial charge in [-0.05, 0) is 66.7 Å². The van der Waals surface area contributed by atoms with Gasteiger partial charge in [-0.15, -0.1) is 0 Å². The SMILES string of the molecule is O=C(NC1c2ccccc2CC1O)C(Cc1ccccc1)CC(O)CN1C(=O)C(CC2CCOC2)CC1Cc1ccccc1. The lowest BCUT2D eigenvalue weighted by molar-refractivity contribution is -0.134. The number of hydrogen-bond donors (Lipinski definition) is 3. The summed E-state index contributed by atoms with van der Waals surface area (Å²) in [6.07, 6.45) is 2.93. The number of rotatable bonds is 12. The Balaban J connectivity index is 1.17. The molecule has 3 aromatic rings. The Hall–Kier alpha value is -3.52. The number of nitrogens with zero attached hydrogens (tertiary/aromatic N) is 1. The summed E-state index contributed by atoms with van der Waals surface area (Å²) in [6, 6.07) is 27.4. The van der Waals surface area contributed by atoms with Crippen LogP contribution < -0.4 is 5.32 Å². The lowest BCUT2D eigenvalue weighted by Gasteiger charge is -2.29. The third-order valence-electron chi connectivity index (χ3n) is 9.75. The minimum absolute atomic E-state index is 0.00147. The Bertz CT molecular complexity index is 1390. The van der Waals surface area contributed by atoms with Crippen molar-refractivity contribution in [3.05, 3.63) is 107 Å². The van der Waals surface area contributed by atoms with Crippen LogP contribution in [0.1, 0.15) is 54.0 Å². The fourth-order valence-electron chi connectivity index (χ4n) is 7.49. The molecule has 2 aliphatic heterocycles. The first-order valence-electron chi connectivity index (χ1n) is 16.1. The molecule has 2 heterocycles. The summed E-state index contributed by atoms with van der Waals surface area (Å²) in [5.41, 5.74) is 4.16. The highest BCUT2D eigenvalue weighted by atomic mass is 16.5. The minimum Gasteiger partial charge on any atom is -0.391 e. The van der Waals surface area contributed by atoms with Gasteiger partial charge in [-0.2, -0.15) is 0 Å². The van der Waals surface area contributed by atoms with Crippen LogP contribution in [-0.2, 0) is 33.6 Å². The summed E-state index contributed by atoms with van der Waals surface area (Å²) >= 11 is 0. The Labute approximate surface area is 260 Å². The molecule has 0 spiro atoms. The highest BCUT2D eigenvalue weighted by molar-refractivity contribution is 5.82. The van der Waals surface area contributed by atoms with E-state index in [1.807, 2.05) is 77.7 Å². The first-order chi connectivity index (χ1) is 21.4. The molecule has 44 heavy (non-hydrogen) atoms. The van der Waals surface area contributed by atoms with E-state index < -0.39 is 24.2 Å². The van der Waals surface area contributed by atoms with Crippen molar-refractivity contribution in [2.45, 2.75) is 69.2 Å². The summed E-state index contributed by atoms with van der Waals surface area (Å²) in [4.78, 5) is 29.5. The number of carbonyl (C=O) groups excluding carboxylic acids is 2. The van der Waals surface area contributed by atoms with Crippen LogP contribution in [0.4, 0.5) is 0 Å². The van der Waals surface area contributed by atoms with Gasteiger partial charge < -0.3 is 25.2 Å². The first-order valence-corrected chi connectivity index (χ1v) is 16.1. The van der Waals surface area contributed by atoms with Crippen LogP contribution in [0.5, 0.6) is 0 Å². The van der Waals surface area contributed by atoms with Crippen LogP contribution in [0.15, 0.2) is 84.9 Å². The van der Waals surface area contributed by atoms with Crippen LogP contribution in [-0.4, -0.2) is 64.9 Å². The van der Waals surface area contributed by atoms with E-state index in [1.165, 1.54) is 5.56 Å². The van der Waals surface area contributed by atoms with Gasteiger partial charge >= 0.3 is 0 Å². The van der Waals surface area contributed by atoms with Crippen LogP contribution in [0.25, 0.3) is 0 Å². The topological polar surface area (TPSA) is 99.1 Å². The van der Waals surface area contributed by atoms with Crippen molar-refractivity contribution in [1.29, 1.82) is 0 Å². The molecule has 0 radical (unpaired) electrons. The number of fused-ring (bicyclic) bond motifs is 1. The molecular weight excluding hydrogens is 552 g/mol. The predicted molar refractivity (Wildman–Crippen MR) is 169 cm³/mol. The largest absolute Gasteiger partial charge is 0.391 e. The minimum atomic E-state index is -0.869. The van der Waals surface area contributed by atoms with Gasteiger partial charge in [-0.1, -0.05) is 84.9 Å². The van der Waals surface area contributed by atoms with Crippen LogP contribution >= 0.6 is 0 Å². The number of aliphatic hydroxyl groups excluding tert-OH is 2. The van der Waals surface area contributed by atoms with Crippen molar-refractivity contribution in [3.63, 3.8) is 0 Å². The van der Waals surface area contributed by atoms with Gasteiger partial charge in [0.2, 0.25) is 11.8 Å². The smallest absolute Gasteiger partial charge is 0.226 e. The van der Waals surface area contributed by atoms with Crippen LogP contribution in [0, 0.1) is 17.8 Å². The molecule has 2 saturated heterocycles. The molecule has 1 aliphatic carbocycles. The third-order valence-corrected chi connectivity index (χ3v) is 9.75. The molecule has 7 nitrogen and oxygen atoms in total. The zero-order valence-corrected chi connectivity index (χ0v) is 25.3. The van der Waals surface area contributed by atoms with Gasteiger partial charge in [-0.25, -0.2) is 0 Å². The number of carbonyl (C=O) groups is 2. The molecule has 2 fully saturated rings. The Morgan fingerprint density at radius 3 is 2.41 bits per heavy atom. The van der Waals surface area contributed by atoms with E-state index in [9.17, 15) is 19.8 Å². The summed E-state index contributed by atoms with van der Waals surface area (Å²) in [5.74, 6) is -0.284. The second-order valence-corrected chi connectivity index (χ2v) is 13.0. The van der Waals surface area contributed by atoms with Crippen LogP contribution in [0.3, 0.4) is 0 Å². The standard InChI is InChI=1S/C37H44N2O5/c40-32(23-39-31(19-26-11-5-2-6-12-26)20-30(37(39)43)18-27-15-16-44-24-27)21-29(17-25-9-3-1-4-10-25)36(42)38-35-33-14-8-7-13-28(33)22-34(35)41/h1-14,27,29-32,34-35,40-41H,15-24H2,(H,38,42). The molecule has 7 heteroatoms. The molecule has 6 rings (SSSR count). The zero-order valence-electron chi connectivity index (χ0n) is 25.3. The van der Waals surface area contributed by atoms with Gasteiger partial charge in [0.1, 0.15) is 0 Å². The highest BCUT2D eigenvalue weighted by Crippen LogP contribution is 2.35. The van der Waals surface area contributed by atoms with Crippen LogP contribution in [0.2, 0.25) is 0 Å². The molecule has 0 saturated carbocycles. The number of benzene rings is 3. The fourth-order valence-corrected chi connectivity index (χ4v) is 7.49. The molecule has 3 aliphatic rings. The summed E-state index contributed by atoms with van der Waals surface area (Å²) in [6.45, 7) is 1.67. The molecule has 3 aromatic carbocycles. The third kappa shape index (κ3) is 7.23. The molecule has 0 bridgehead atoms. The van der Waals surface area contributed by atoms with Gasteiger partial charge in [0, 0.05) is 44.1 Å². The number of ether oxygens (including phenoxy) is 1. The lowest BCUT2D eigenvalue weighted by atomic mass is 9.90. The second kappa shape index (κ2) is 14.1. The average molecular weight is 597 g/mol. The quantitative estimate of drug-likeness (QED) is 0.290. The van der Waals surface area contributed by atoms with Crippen molar-refractivity contribution < 1.29 is 24.5 Å². The van der Waals surface area contributed by atoms with E-state index in [2.05, 4.69) is 17.4 Å². The number of aliphatic hydroxyl groups is 2. The van der Waals surface area contributed by atoms with E-state index in [1.54, 1.807) is 0 Å². The number of likely N-dealkylation sites (tertiary alicyclic amines) is 1. The summed E-state index contributed by atoms with van der Waals surface area (Å²) in [5, 5.41) is 25.4. The van der Waals surface area contributed by atoms with Crippen molar-refractivity contribution in [2.24, 2.45) is 17.8 Å². The molecule has 2 amide bonds. The van der Waals surface area contributed by atoms with Crippen molar-refractivity contribution in [1.82, 2.24) is 10.2 Å². The van der Waals surface area contributed by atoms with Crippen molar-refractivity contribution >= 4 is 11.8 Å². The average Bonchev–Trinajstić information content (AvgIpc) is 3.73. The summed E-state index contributed by atoms with van der Waals surface area (Å²) < 4.78 is 5.59. The number of amides is 2. The maximum atomic E-state index is 13.8. The highest BCUT2D eigenvalue weighted by Gasteiger charge is 2.42. The fraction of sp³-hybridized carbons (Fsp3) is 0.459. The summed E-state index contributed by atoms with van der Waals surface area (Å²) in [7, 11) is 0. The van der Waals surface area contributed by atoms with E-state index in [4.69, 9.17) is 4.74 Å². The van der Waals surface area contributed by atoms with Gasteiger partial charge in [0.15, 0.2) is 0 Å². The number of hydrogen-bond acceptors (Lipinski definition) is 5. The molecule has 3 N–H and O–H groups in total. The zero-order chi connectivity index (χ0) is 30.5. The molecule has 0 aromatic heterocycles. The molecule has 7 unspecified atom stereocenters.